The van der Waals surface area contributed by atoms with Crippen LogP contribution in [0.25, 0.3) is 0 Å². The zero-order chi connectivity index (χ0) is 18.6. The monoisotopic (exact) mass is 358 g/mol. The van der Waals surface area contributed by atoms with Crippen LogP contribution in [0.2, 0.25) is 0 Å². The first-order valence-corrected chi connectivity index (χ1v) is 8.59. The van der Waals surface area contributed by atoms with E-state index >= 15 is 0 Å². The standard InChI is InChI=1S/C14H22F3P.BFH2O3/c1-13(2,3)10-7-11(14(4,5)6)9-12(8-10)18(15,16)17;2-5-1(3)4/h7-9,18H,1-6H3;3-4H. The zero-order valence-corrected chi connectivity index (χ0v) is 15.1. The van der Waals surface area contributed by atoms with Crippen LogP contribution in [0.5, 0.6) is 0 Å². The van der Waals surface area contributed by atoms with E-state index in [-0.39, 0.29) is 10.8 Å². The third-order valence-corrected chi connectivity index (χ3v) is 4.02. The third-order valence-electron chi connectivity index (χ3n) is 3.07. The van der Waals surface area contributed by atoms with Crippen LogP contribution in [0, 0.1) is 0 Å². The van der Waals surface area contributed by atoms with E-state index in [4.69, 9.17) is 10.0 Å². The van der Waals surface area contributed by atoms with Gasteiger partial charge in [0, 0.05) is 0 Å². The van der Waals surface area contributed by atoms with E-state index in [1.165, 1.54) is 12.1 Å². The molecule has 0 aliphatic carbocycles. The molecule has 2 N–H and O–H groups in total. The smallest absolute Gasteiger partial charge is 0.400 e. The fourth-order valence-corrected chi connectivity index (χ4v) is 2.30. The quantitative estimate of drug-likeness (QED) is 0.474. The van der Waals surface area contributed by atoms with Gasteiger partial charge in [0.15, 0.2) is 0 Å². The van der Waals surface area contributed by atoms with E-state index in [1.54, 1.807) is 0 Å². The van der Waals surface area contributed by atoms with E-state index in [0.717, 1.165) is 11.1 Å². The molecular weight excluding hydrogens is 334 g/mol. The molecule has 0 bridgehead atoms. The summed E-state index contributed by atoms with van der Waals surface area (Å²) in [6, 6.07) is 4.55. The Morgan fingerprint density at radius 2 is 1.17 bits per heavy atom. The SMILES string of the molecule is CC(C)(C)c1cc(C(C)(C)C)cc([PH](F)(F)F)c1.OB(O)OF. The van der Waals surface area contributed by atoms with Crippen molar-refractivity contribution in [3.8, 4) is 0 Å². The Kier molecular flexibility index (Phi) is 7.69. The van der Waals surface area contributed by atoms with E-state index in [1.807, 2.05) is 47.6 Å². The average Bonchev–Trinajstić information content (AvgIpc) is 2.35. The third kappa shape index (κ3) is 8.11. The summed E-state index contributed by atoms with van der Waals surface area (Å²) >= 11 is 0. The molecule has 23 heavy (non-hydrogen) atoms. The molecule has 0 heterocycles. The molecule has 0 atom stereocenters. The first-order chi connectivity index (χ1) is 10.1. The molecule has 0 radical (unpaired) electrons. The van der Waals surface area contributed by atoms with Crippen molar-refractivity contribution >= 4 is 20.8 Å². The summed E-state index contributed by atoms with van der Waals surface area (Å²) in [4.78, 5) is 2.36. The first kappa shape index (κ1) is 22.3. The topological polar surface area (TPSA) is 49.7 Å². The minimum Gasteiger partial charge on any atom is -0.400 e. The van der Waals surface area contributed by atoms with Gasteiger partial charge in [-0.05, 0) is 0 Å². The maximum atomic E-state index is 13.1. The van der Waals surface area contributed by atoms with Crippen molar-refractivity contribution < 1.29 is 32.0 Å². The molecule has 0 spiro atoms. The number of benzene rings is 1. The van der Waals surface area contributed by atoms with Gasteiger partial charge < -0.3 is 10.0 Å². The van der Waals surface area contributed by atoms with Gasteiger partial charge in [-0.3, -0.25) is 0 Å². The van der Waals surface area contributed by atoms with Crippen molar-refractivity contribution in [1.82, 2.24) is 0 Å². The van der Waals surface area contributed by atoms with Crippen LogP contribution in [-0.4, -0.2) is 17.4 Å². The molecular formula is C14H24BF4O3P. The molecule has 9 heteroatoms. The van der Waals surface area contributed by atoms with E-state index < -0.39 is 20.8 Å². The Morgan fingerprint density at radius 1 is 0.870 bits per heavy atom. The van der Waals surface area contributed by atoms with Gasteiger partial charge in [-0.25, -0.2) is 0 Å². The van der Waals surface area contributed by atoms with Crippen LogP contribution in [-0.2, 0) is 15.7 Å². The molecule has 1 aromatic rings. The van der Waals surface area contributed by atoms with E-state index in [2.05, 4.69) is 4.86 Å². The van der Waals surface area contributed by atoms with Crippen LogP contribution < -0.4 is 5.30 Å². The average molecular weight is 358 g/mol. The summed E-state index contributed by atoms with van der Waals surface area (Å²) in [6.45, 7) is 11.6. The van der Waals surface area contributed by atoms with Crippen LogP contribution in [0.1, 0.15) is 52.7 Å². The van der Waals surface area contributed by atoms with Gasteiger partial charge in [-0.2, -0.15) is 4.86 Å². The molecule has 0 aliphatic heterocycles. The van der Waals surface area contributed by atoms with Crippen molar-refractivity contribution in [2.24, 2.45) is 0 Å². The van der Waals surface area contributed by atoms with Gasteiger partial charge in [0.2, 0.25) is 0 Å². The van der Waals surface area contributed by atoms with Gasteiger partial charge in [0.05, 0.1) is 0 Å². The maximum Gasteiger partial charge on any atom is 0.667 e. The Hall–Kier alpha value is -0.685. The van der Waals surface area contributed by atoms with Crippen LogP contribution in [0.3, 0.4) is 0 Å². The minimum absolute atomic E-state index is 0.268. The van der Waals surface area contributed by atoms with Crippen molar-refractivity contribution in [1.29, 1.82) is 0 Å². The molecule has 0 fully saturated rings. The second-order valence-electron chi connectivity index (χ2n) is 7.21. The fourth-order valence-electron chi connectivity index (χ4n) is 1.66. The Balaban J connectivity index is 0.000000841. The molecule has 3 nitrogen and oxygen atoms in total. The molecule has 1 rings (SSSR count). The van der Waals surface area contributed by atoms with E-state index in [9.17, 15) is 17.1 Å². The molecule has 0 aliphatic rings. The van der Waals surface area contributed by atoms with Gasteiger partial charge >= 0.3 is 115 Å². The summed E-state index contributed by atoms with van der Waals surface area (Å²) < 4.78 is 49.3. The summed E-state index contributed by atoms with van der Waals surface area (Å²) in [5.74, 6) is 0. The predicted molar refractivity (Wildman–Crippen MR) is 87.5 cm³/mol. The minimum atomic E-state index is -5.75. The van der Waals surface area contributed by atoms with Crippen molar-refractivity contribution in [2.75, 3.05) is 0 Å². The molecule has 0 unspecified atom stereocenters. The Morgan fingerprint density at radius 3 is 1.35 bits per heavy atom. The Labute approximate surface area is 135 Å². The van der Waals surface area contributed by atoms with Crippen LogP contribution >= 0.6 is 8.19 Å². The summed E-state index contributed by atoms with van der Waals surface area (Å²) in [6.07, 6.45) is 0. The largest absolute Gasteiger partial charge is 0.667 e. The number of halogens is 4. The molecule has 0 saturated carbocycles. The zero-order valence-electron chi connectivity index (χ0n) is 14.1. The summed E-state index contributed by atoms with van der Waals surface area (Å²) in [7, 11) is -8.04. The molecule has 0 amide bonds. The van der Waals surface area contributed by atoms with Gasteiger partial charge in [0.25, 0.3) is 0 Å². The second-order valence-corrected chi connectivity index (χ2v) is 8.79. The maximum absolute atomic E-state index is 13.1. The number of hydrogen-bond donors (Lipinski definition) is 2. The van der Waals surface area contributed by atoms with Gasteiger partial charge in [-0.15, -0.1) is 0 Å². The van der Waals surface area contributed by atoms with E-state index in [0.29, 0.717) is 0 Å². The van der Waals surface area contributed by atoms with Crippen molar-refractivity contribution in [3.05, 3.63) is 29.3 Å². The first-order valence-electron chi connectivity index (χ1n) is 6.96. The molecule has 0 saturated heterocycles. The summed E-state index contributed by atoms with van der Waals surface area (Å²) in [5.41, 5.74) is 0.982. The normalized spacial score (nSPS) is 13.2. The second kappa shape index (κ2) is 7.93. The van der Waals surface area contributed by atoms with Gasteiger partial charge in [0.1, 0.15) is 0 Å². The summed E-state index contributed by atoms with van der Waals surface area (Å²) in [5, 5.41) is 14.2. The van der Waals surface area contributed by atoms with Crippen molar-refractivity contribution in [2.45, 2.75) is 52.4 Å². The molecule has 0 aromatic heterocycles. The number of rotatable bonds is 2. The number of hydrogen-bond acceptors (Lipinski definition) is 3. The van der Waals surface area contributed by atoms with Crippen molar-refractivity contribution in [3.63, 3.8) is 0 Å². The Bertz CT molecular complexity index is 429. The van der Waals surface area contributed by atoms with Gasteiger partial charge in [-0.1, -0.05) is 4.53 Å². The molecule has 134 valence electrons. The fraction of sp³-hybridized carbons (Fsp3) is 0.571. The molecule has 1 aromatic carbocycles. The predicted octanol–water partition coefficient (Wildman–Crippen LogP) is 4.17. The van der Waals surface area contributed by atoms with Crippen LogP contribution in [0.4, 0.5) is 17.1 Å². The van der Waals surface area contributed by atoms with Crippen LogP contribution in [0.15, 0.2) is 18.2 Å².